The predicted molar refractivity (Wildman–Crippen MR) is 85.5 cm³/mol. The van der Waals surface area contributed by atoms with Crippen LogP contribution < -0.4 is 10.2 Å². The van der Waals surface area contributed by atoms with Crippen molar-refractivity contribution in [1.82, 2.24) is 15.3 Å². The smallest absolute Gasteiger partial charge is 0.322 e. The highest BCUT2D eigenvalue weighted by atomic mass is 16.4. The summed E-state index contributed by atoms with van der Waals surface area (Å²) in [5, 5.41) is 22.1. The molecule has 0 aliphatic carbocycles. The van der Waals surface area contributed by atoms with Crippen molar-refractivity contribution in [3.63, 3.8) is 0 Å². The van der Waals surface area contributed by atoms with E-state index < -0.39 is 12.0 Å². The number of piperazine rings is 1. The third-order valence-electron chi connectivity index (χ3n) is 3.78. The van der Waals surface area contributed by atoms with Crippen molar-refractivity contribution in [1.29, 1.82) is 0 Å². The summed E-state index contributed by atoms with van der Waals surface area (Å²) in [6.45, 7) is 3.43. The van der Waals surface area contributed by atoms with E-state index in [4.69, 9.17) is 0 Å². The fraction of sp³-hybridized carbons (Fsp3) is 0.312. The summed E-state index contributed by atoms with van der Waals surface area (Å²) in [4.78, 5) is 22.0. The number of carbonyl (C=O) groups is 1. The molecular weight excluding hydrogens is 296 g/mol. The Balaban J connectivity index is 1.95. The number of para-hydroxylation sites is 1. The van der Waals surface area contributed by atoms with Crippen molar-refractivity contribution in [3.05, 3.63) is 36.0 Å². The van der Waals surface area contributed by atoms with Crippen LogP contribution in [-0.4, -0.2) is 51.8 Å². The molecule has 0 radical (unpaired) electrons. The third-order valence-corrected chi connectivity index (χ3v) is 3.78. The number of carboxylic acids is 1. The Hall–Kier alpha value is -2.67. The van der Waals surface area contributed by atoms with E-state index in [-0.39, 0.29) is 5.75 Å². The molecular formula is C16H18N4O3. The molecule has 1 saturated heterocycles. The normalized spacial score (nSPS) is 18.0. The van der Waals surface area contributed by atoms with E-state index in [1.807, 2.05) is 24.0 Å². The fourth-order valence-electron chi connectivity index (χ4n) is 2.62. The van der Waals surface area contributed by atoms with Crippen molar-refractivity contribution < 1.29 is 15.0 Å². The monoisotopic (exact) mass is 314 g/mol. The second-order valence-electron chi connectivity index (χ2n) is 5.50. The first-order valence-corrected chi connectivity index (χ1v) is 7.40. The molecule has 0 amide bonds. The molecule has 1 aromatic heterocycles. The van der Waals surface area contributed by atoms with Crippen LogP contribution in [0.4, 0.5) is 5.82 Å². The molecule has 0 bridgehead atoms. The Morgan fingerprint density at radius 2 is 2.13 bits per heavy atom. The topological polar surface area (TPSA) is 98.6 Å². The summed E-state index contributed by atoms with van der Waals surface area (Å²) in [7, 11) is 0. The minimum atomic E-state index is -0.874. The van der Waals surface area contributed by atoms with Gasteiger partial charge in [-0.05, 0) is 19.1 Å². The molecule has 1 aliphatic rings. The molecule has 2 heterocycles. The molecule has 3 rings (SSSR count). The standard InChI is InChI=1S/C16H18N4O3/c1-10-8-14(20-7-6-17-12(9-20)16(22)23)19-15(18-10)11-4-2-3-5-13(11)21/h2-5,8,12,17,21H,6-7,9H2,1H3,(H,22,23)/t12-/m1/s1. The number of aromatic hydroxyl groups is 1. The van der Waals surface area contributed by atoms with E-state index in [0.29, 0.717) is 36.8 Å². The minimum Gasteiger partial charge on any atom is -0.507 e. The second-order valence-corrected chi connectivity index (χ2v) is 5.50. The lowest BCUT2D eigenvalue weighted by Gasteiger charge is -2.32. The number of aromatic nitrogens is 2. The van der Waals surface area contributed by atoms with Gasteiger partial charge in [-0.3, -0.25) is 4.79 Å². The van der Waals surface area contributed by atoms with Gasteiger partial charge in [0.2, 0.25) is 0 Å². The maximum atomic E-state index is 11.2. The van der Waals surface area contributed by atoms with Crippen molar-refractivity contribution >= 4 is 11.8 Å². The highest BCUT2D eigenvalue weighted by molar-refractivity contribution is 5.75. The Morgan fingerprint density at radius 3 is 2.87 bits per heavy atom. The van der Waals surface area contributed by atoms with Crippen LogP contribution in [0.5, 0.6) is 5.75 Å². The molecule has 120 valence electrons. The number of phenols is 1. The summed E-state index contributed by atoms with van der Waals surface area (Å²) >= 11 is 0. The maximum absolute atomic E-state index is 11.2. The highest BCUT2D eigenvalue weighted by Gasteiger charge is 2.26. The number of nitrogens with zero attached hydrogens (tertiary/aromatic N) is 3. The van der Waals surface area contributed by atoms with Gasteiger partial charge in [0.05, 0.1) is 5.56 Å². The number of phenolic OH excluding ortho intramolecular Hbond substituents is 1. The van der Waals surface area contributed by atoms with Crippen molar-refractivity contribution in [3.8, 4) is 17.1 Å². The minimum absolute atomic E-state index is 0.118. The Labute approximate surface area is 133 Å². The Kier molecular flexibility index (Phi) is 4.12. The van der Waals surface area contributed by atoms with E-state index in [1.165, 1.54) is 0 Å². The molecule has 1 aromatic carbocycles. The molecule has 1 aliphatic heterocycles. The molecule has 3 N–H and O–H groups in total. The number of anilines is 1. The summed E-state index contributed by atoms with van der Waals surface area (Å²) in [6.07, 6.45) is 0. The molecule has 1 fully saturated rings. The van der Waals surface area contributed by atoms with Crippen LogP contribution in [0.1, 0.15) is 5.69 Å². The van der Waals surface area contributed by atoms with Gasteiger partial charge < -0.3 is 20.4 Å². The molecule has 1 atom stereocenters. The molecule has 0 saturated carbocycles. The van der Waals surface area contributed by atoms with Gasteiger partial charge in [-0.25, -0.2) is 9.97 Å². The number of hydrogen-bond acceptors (Lipinski definition) is 6. The lowest BCUT2D eigenvalue weighted by molar-refractivity contribution is -0.139. The predicted octanol–water partition coefficient (Wildman–Crippen LogP) is 1.02. The summed E-state index contributed by atoms with van der Waals surface area (Å²) < 4.78 is 0. The van der Waals surface area contributed by atoms with Gasteiger partial charge in [-0.1, -0.05) is 12.1 Å². The SMILES string of the molecule is Cc1cc(N2CCN[C@@H](C(=O)O)C2)nc(-c2ccccc2O)n1. The average molecular weight is 314 g/mol. The number of nitrogens with one attached hydrogen (secondary N) is 1. The zero-order chi connectivity index (χ0) is 16.4. The summed E-state index contributed by atoms with van der Waals surface area (Å²) in [5.41, 5.74) is 1.32. The maximum Gasteiger partial charge on any atom is 0.322 e. The van der Waals surface area contributed by atoms with Crippen molar-refractivity contribution in [2.24, 2.45) is 0 Å². The summed E-state index contributed by atoms with van der Waals surface area (Å²) in [6, 6.07) is 8.10. The first kappa shape index (κ1) is 15.2. The molecule has 7 nitrogen and oxygen atoms in total. The zero-order valence-corrected chi connectivity index (χ0v) is 12.7. The van der Waals surface area contributed by atoms with Crippen molar-refractivity contribution in [2.45, 2.75) is 13.0 Å². The number of carboxylic acid groups (broad SMARTS) is 1. The van der Waals surface area contributed by atoms with Crippen LogP contribution in [0, 0.1) is 6.92 Å². The number of rotatable bonds is 3. The second kappa shape index (κ2) is 6.21. The largest absolute Gasteiger partial charge is 0.507 e. The third kappa shape index (κ3) is 3.24. The number of benzene rings is 1. The van der Waals surface area contributed by atoms with Crippen LogP contribution >= 0.6 is 0 Å². The molecule has 23 heavy (non-hydrogen) atoms. The van der Waals surface area contributed by atoms with Gasteiger partial charge in [0, 0.05) is 31.4 Å². The Morgan fingerprint density at radius 1 is 1.35 bits per heavy atom. The van der Waals surface area contributed by atoms with E-state index in [1.54, 1.807) is 18.2 Å². The van der Waals surface area contributed by atoms with Crippen LogP contribution in [0.3, 0.4) is 0 Å². The van der Waals surface area contributed by atoms with E-state index >= 15 is 0 Å². The van der Waals surface area contributed by atoms with E-state index in [0.717, 1.165) is 5.69 Å². The quantitative estimate of drug-likeness (QED) is 0.778. The van der Waals surface area contributed by atoms with Gasteiger partial charge >= 0.3 is 5.97 Å². The van der Waals surface area contributed by atoms with Crippen LogP contribution in [0.2, 0.25) is 0 Å². The lowest BCUT2D eigenvalue weighted by atomic mass is 10.1. The number of hydrogen-bond donors (Lipinski definition) is 3. The van der Waals surface area contributed by atoms with Crippen LogP contribution in [-0.2, 0) is 4.79 Å². The molecule has 2 aromatic rings. The van der Waals surface area contributed by atoms with E-state index in [9.17, 15) is 15.0 Å². The zero-order valence-electron chi connectivity index (χ0n) is 12.7. The summed E-state index contributed by atoms with van der Waals surface area (Å²) in [5.74, 6) is 0.348. The van der Waals surface area contributed by atoms with Gasteiger partial charge in [-0.2, -0.15) is 0 Å². The van der Waals surface area contributed by atoms with Crippen LogP contribution in [0.15, 0.2) is 30.3 Å². The highest BCUT2D eigenvalue weighted by Crippen LogP contribution is 2.27. The fourth-order valence-corrected chi connectivity index (χ4v) is 2.62. The van der Waals surface area contributed by atoms with E-state index in [2.05, 4.69) is 15.3 Å². The average Bonchev–Trinajstić information content (AvgIpc) is 2.55. The Bertz CT molecular complexity index is 735. The first-order chi connectivity index (χ1) is 11.0. The number of aliphatic carboxylic acids is 1. The molecule has 7 heteroatoms. The lowest BCUT2D eigenvalue weighted by Crippen LogP contribution is -2.54. The van der Waals surface area contributed by atoms with Crippen LogP contribution in [0.25, 0.3) is 11.4 Å². The van der Waals surface area contributed by atoms with Gasteiger partial charge in [-0.15, -0.1) is 0 Å². The van der Waals surface area contributed by atoms with Gasteiger partial charge in [0.15, 0.2) is 5.82 Å². The van der Waals surface area contributed by atoms with Gasteiger partial charge in [0.25, 0.3) is 0 Å². The number of aryl methyl sites for hydroxylation is 1. The van der Waals surface area contributed by atoms with Crippen molar-refractivity contribution in [2.75, 3.05) is 24.5 Å². The van der Waals surface area contributed by atoms with Gasteiger partial charge in [0.1, 0.15) is 17.6 Å². The molecule has 0 unspecified atom stereocenters. The first-order valence-electron chi connectivity index (χ1n) is 7.40. The molecule has 0 spiro atoms.